The number of carbonyl (C=O) groups excluding carboxylic acids is 1. The van der Waals surface area contributed by atoms with Gasteiger partial charge in [0.25, 0.3) is 6.47 Å². The van der Waals surface area contributed by atoms with Gasteiger partial charge in [-0.2, -0.15) is 0 Å². The number of thiophene rings is 1. The lowest BCUT2D eigenvalue weighted by Gasteiger charge is -2.06. The first-order valence-electron chi connectivity index (χ1n) is 7.25. The summed E-state index contributed by atoms with van der Waals surface area (Å²) in [5, 5.41) is 2.58. The molecule has 0 amide bonds. The molecule has 1 aromatic heterocycles. The van der Waals surface area contributed by atoms with Gasteiger partial charge in [-0.05, 0) is 29.7 Å². The molecule has 0 bridgehead atoms. The Morgan fingerprint density at radius 3 is 2.62 bits per heavy atom. The predicted molar refractivity (Wildman–Crippen MR) is 86.1 cm³/mol. The summed E-state index contributed by atoms with van der Waals surface area (Å²) in [4.78, 5) is 10.3. The quantitative estimate of drug-likeness (QED) is 0.488. The van der Waals surface area contributed by atoms with Crippen LogP contribution in [-0.2, 0) is 4.79 Å². The normalized spacial score (nSPS) is 10.3. The topological polar surface area (TPSA) is 35.5 Å². The largest absolute Gasteiger partial charge is 0.494 e. The Labute approximate surface area is 129 Å². The minimum atomic E-state index is 0.449. The molecule has 4 heteroatoms. The zero-order valence-corrected chi connectivity index (χ0v) is 13.0. The van der Waals surface area contributed by atoms with Crippen LogP contribution in [0.15, 0.2) is 35.7 Å². The first-order chi connectivity index (χ1) is 10.3. The van der Waals surface area contributed by atoms with Crippen LogP contribution >= 0.6 is 11.3 Å². The van der Waals surface area contributed by atoms with Gasteiger partial charge in [0.05, 0.1) is 6.61 Å². The molecule has 21 heavy (non-hydrogen) atoms. The first-order valence-corrected chi connectivity index (χ1v) is 8.13. The van der Waals surface area contributed by atoms with Gasteiger partial charge < -0.3 is 9.47 Å². The van der Waals surface area contributed by atoms with Crippen molar-refractivity contribution in [2.45, 2.75) is 32.6 Å². The fourth-order valence-corrected chi connectivity index (χ4v) is 2.78. The van der Waals surface area contributed by atoms with E-state index in [-0.39, 0.29) is 0 Å². The Morgan fingerprint density at radius 1 is 1.10 bits per heavy atom. The van der Waals surface area contributed by atoms with Crippen LogP contribution in [0.3, 0.4) is 0 Å². The minimum absolute atomic E-state index is 0.449. The van der Waals surface area contributed by atoms with Crippen molar-refractivity contribution in [1.82, 2.24) is 0 Å². The second-order valence-corrected chi connectivity index (χ2v) is 5.68. The van der Waals surface area contributed by atoms with E-state index in [0.29, 0.717) is 11.5 Å². The second kappa shape index (κ2) is 8.47. The van der Waals surface area contributed by atoms with E-state index in [4.69, 9.17) is 9.47 Å². The number of rotatable bonds is 9. The summed E-state index contributed by atoms with van der Waals surface area (Å²) in [5.74, 6) is 0.898. The van der Waals surface area contributed by atoms with Crippen LogP contribution in [0, 0.1) is 0 Å². The highest BCUT2D eigenvalue weighted by Gasteiger charge is 2.03. The molecular formula is C17H20O3S. The van der Waals surface area contributed by atoms with Gasteiger partial charge in [-0.3, -0.25) is 4.79 Å². The first kappa shape index (κ1) is 15.6. The third-order valence-corrected chi connectivity index (χ3v) is 4.01. The van der Waals surface area contributed by atoms with Crippen LogP contribution in [0.5, 0.6) is 10.8 Å². The maximum absolute atomic E-state index is 10.3. The smallest absolute Gasteiger partial charge is 0.299 e. The molecule has 1 aromatic carbocycles. The van der Waals surface area contributed by atoms with Crippen molar-refractivity contribution in [3.05, 3.63) is 35.7 Å². The third kappa shape index (κ3) is 4.90. The molecular weight excluding hydrogens is 284 g/mol. The summed E-state index contributed by atoms with van der Waals surface area (Å²) >= 11 is 1.41. The molecule has 0 saturated carbocycles. The van der Waals surface area contributed by atoms with E-state index in [2.05, 4.69) is 6.92 Å². The molecule has 0 aliphatic carbocycles. The second-order valence-electron chi connectivity index (χ2n) is 4.80. The maximum atomic E-state index is 10.3. The molecule has 2 rings (SSSR count). The Balaban J connectivity index is 1.87. The molecule has 0 unspecified atom stereocenters. The zero-order valence-electron chi connectivity index (χ0n) is 12.2. The van der Waals surface area contributed by atoms with E-state index < -0.39 is 0 Å². The molecule has 3 nitrogen and oxygen atoms in total. The number of hydrogen-bond acceptors (Lipinski definition) is 4. The Bertz CT molecular complexity index is 545. The molecule has 0 fully saturated rings. The Kier molecular flexibility index (Phi) is 6.28. The Morgan fingerprint density at radius 2 is 1.90 bits per heavy atom. The van der Waals surface area contributed by atoms with Crippen molar-refractivity contribution >= 4 is 17.8 Å². The third-order valence-electron chi connectivity index (χ3n) is 3.19. The van der Waals surface area contributed by atoms with Crippen molar-refractivity contribution in [1.29, 1.82) is 0 Å². The molecule has 2 aromatic rings. The average Bonchev–Trinajstić information content (AvgIpc) is 2.97. The van der Waals surface area contributed by atoms with Gasteiger partial charge in [0.1, 0.15) is 5.75 Å². The van der Waals surface area contributed by atoms with Crippen LogP contribution in [0.2, 0.25) is 0 Å². The molecule has 1 heterocycles. The Hall–Kier alpha value is -1.81. The summed E-state index contributed by atoms with van der Waals surface area (Å²) in [6, 6.07) is 9.86. The van der Waals surface area contributed by atoms with E-state index in [1.54, 1.807) is 0 Å². The van der Waals surface area contributed by atoms with E-state index in [1.165, 1.54) is 30.6 Å². The lowest BCUT2D eigenvalue weighted by Crippen LogP contribution is -1.96. The van der Waals surface area contributed by atoms with Crippen LogP contribution in [0.1, 0.15) is 32.6 Å². The fraction of sp³-hybridized carbons (Fsp3) is 0.353. The minimum Gasteiger partial charge on any atom is -0.494 e. The molecule has 0 atom stereocenters. The summed E-state index contributed by atoms with van der Waals surface area (Å²) in [6.07, 6.45) is 4.84. The molecule has 0 saturated heterocycles. The van der Waals surface area contributed by atoms with Gasteiger partial charge in [-0.1, -0.05) is 38.3 Å². The van der Waals surface area contributed by atoms with Crippen molar-refractivity contribution < 1.29 is 14.3 Å². The van der Waals surface area contributed by atoms with Gasteiger partial charge in [0.15, 0.2) is 5.06 Å². The lowest BCUT2D eigenvalue weighted by atomic mass is 10.1. The molecule has 0 aliphatic heterocycles. The van der Waals surface area contributed by atoms with Crippen molar-refractivity contribution in [2.24, 2.45) is 0 Å². The van der Waals surface area contributed by atoms with Crippen molar-refractivity contribution in [3.63, 3.8) is 0 Å². The van der Waals surface area contributed by atoms with Crippen molar-refractivity contribution in [3.8, 4) is 21.9 Å². The van der Waals surface area contributed by atoms with Gasteiger partial charge >= 0.3 is 0 Å². The highest BCUT2D eigenvalue weighted by molar-refractivity contribution is 7.12. The van der Waals surface area contributed by atoms with Crippen LogP contribution in [0.4, 0.5) is 0 Å². The van der Waals surface area contributed by atoms with Gasteiger partial charge in [-0.15, -0.1) is 11.3 Å². The molecule has 112 valence electrons. The zero-order chi connectivity index (χ0) is 14.9. The standard InChI is InChI=1S/C17H20O3S/c1-2-3-4-5-10-19-16-8-6-14(7-9-16)15-11-17(20-13-18)21-12-15/h6-9,11-13H,2-5,10H2,1H3. The predicted octanol–water partition coefficient (Wildman–Crippen LogP) is 4.91. The highest BCUT2D eigenvalue weighted by atomic mass is 32.1. The number of carbonyl (C=O) groups is 1. The van der Waals surface area contributed by atoms with Gasteiger partial charge in [-0.25, -0.2) is 0 Å². The van der Waals surface area contributed by atoms with Crippen molar-refractivity contribution in [2.75, 3.05) is 6.61 Å². The summed E-state index contributed by atoms with van der Waals surface area (Å²) in [7, 11) is 0. The number of ether oxygens (including phenoxy) is 2. The average molecular weight is 304 g/mol. The fourth-order valence-electron chi connectivity index (χ4n) is 2.04. The number of unbranched alkanes of at least 4 members (excludes halogenated alkanes) is 3. The lowest BCUT2D eigenvalue weighted by molar-refractivity contribution is -0.120. The van der Waals surface area contributed by atoms with Crippen LogP contribution < -0.4 is 9.47 Å². The van der Waals surface area contributed by atoms with Gasteiger partial charge in [0.2, 0.25) is 0 Å². The van der Waals surface area contributed by atoms with E-state index in [0.717, 1.165) is 29.9 Å². The summed E-state index contributed by atoms with van der Waals surface area (Å²) < 4.78 is 10.5. The highest BCUT2D eigenvalue weighted by Crippen LogP contribution is 2.31. The molecule has 0 N–H and O–H groups in total. The summed E-state index contributed by atoms with van der Waals surface area (Å²) in [5.41, 5.74) is 2.14. The number of benzene rings is 1. The van der Waals surface area contributed by atoms with E-state index in [1.807, 2.05) is 35.7 Å². The van der Waals surface area contributed by atoms with Gasteiger partial charge in [0, 0.05) is 11.4 Å². The summed E-state index contributed by atoms with van der Waals surface area (Å²) in [6.45, 7) is 3.43. The SMILES string of the molecule is CCCCCCOc1ccc(-c2csc(OC=O)c2)cc1. The van der Waals surface area contributed by atoms with Crippen LogP contribution in [-0.4, -0.2) is 13.1 Å². The van der Waals surface area contributed by atoms with E-state index >= 15 is 0 Å². The number of hydrogen-bond donors (Lipinski definition) is 0. The van der Waals surface area contributed by atoms with Crippen LogP contribution in [0.25, 0.3) is 11.1 Å². The maximum Gasteiger partial charge on any atom is 0.299 e. The monoisotopic (exact) mass is 304 g/mol. The molecule has 0 aliphatic rings. The molecule has 0 spiro atoms. The van der Waals surface area contributed by atoms with E-state index in [9.17, 15) is 4.79 Å². The molecule has 0 radical (unpaired) electrons.